The van der Waals surface area contributed by atoms with Gasteiger partial charge in [-0.1, -0.05) is 80.6 Å². The van der Waals surface area contributed by atoms with Gasteiger partial charge in [0.1, 0.15) is 6.10 Å². The molecule has 1 aliphatic heterocycles. The van der Waals surface area contributed by atoms with Crippen molar-refractivity contribution in [2.75, 3.05) is 6.61 Å². The number of esters is 1. The van der Waals surface area contributed by atoms with Gasteiger partial charge < -0.3 is 9.47 Å². The van der Waals surface area contributed by atoms with Crippen LogP contribution in [-0.2, 0) is 14.3 Å². The van der Waals surface area contributed by atoms with Crippen LogP contribution >= 0.6 is 15.9 Å². The molecule has 0 radical (unpaired) electrons. The van der Waals surface area contributed by atoms with Crippen LogP contribution in [0.2, 0.25) is 0 Å². The lowest BCUT2D eigenvalue weighted by atomic mass is 9.85. The van der Waals surface area contributed by atoms with Crippen molar-refractivity contribution >= 4 is 27.7 Å². The summed E-state index contributed by atoms with van der Waals surface area (Å²) in [6, 6.07) is 17.7. The van der Waals surface area contributed by atoms with Crippen molar-refractivity contribution in [2.45, 2.75) is 70.0 Å². The van der Waals surface area contributed by atoms with Gasteiger partial charge in [-0.25, -0.2) is 4.79 Å². The average molecular weight is 552 g/mol. The third-order valence-electron chi connectivity index (χ3n) is 8.24. The van der Waals surface area contributed by atoms with Gasteiger partial charge in [0, 0.05) is 25.4 Å². The number of hydrogen-bond donors (Lipinski definition) is 0. The summed E-state index contributed by atoms with van der Waals surface area (Å²) in [6.07, 6.45) is 11.4. The molecule has 1 saturated heterocycles. The van der Waals surface area contributed by atoms with Crippen LogP contribution in [0.1, 0.15) is 68.1 Å². The van der Waals surface area contributed by atoms with Crippen molar-refractivity contribution in [2.24, 2.45) is 17.8 Å². The topological polar surface area (TPSA) is 52.6 Å². The largest absolute Gasteiger partial charge is 0.458 e. The second kappa shape index (κ2) is 11.9. The van der Waals surface area contributed by atoms with Gasteiger partial charge in [0.25, 0.3) is 0 Å². The summed E-state index contributed by atoms with van der Waals surface area (Å²) < 4.78 is 12.6. The number of ketones is 1. The maximum absolute atomic E-state index is 13.0. The van der Waals surface area contributed by atoms with Crippen LogP contribution in [0.25, 0.3) is 11.1 Å². The Morgan fingerprint density at radius 2 is 1.67 bits per heavy atom. The standard InChI is InChI=1S/C31H35BrO4/c32-27(28(33)16-11-21-7-3-1-4-8-21)19-26-25-17-18-35-29(25)20-30(26)36-31(34)24-14-12-23(13-15-24)22-9-5-2-6-10-22/h2,5-6,9-10,12-15,19,21,25-26,29-30H,1,3-4,7-8,11,16-18,20H2/t25-,26+,29+,30-/m1/s1. The van der Waals surface area contributed by atoms with E-state index in [-0.39, 0.29) is 35.8 Å². The lowest BCUT2D eigenvalue weighted by molar-refractivity contribution is -0.115. The van der Waals surface area contributed by atoms with Gasteiger partial charge >= 0.3 is 5.97 Å². The zero-order chi connectivity index (χ0) is 24.9. The minimum atomic E-state index is -0.322. The minimum absolute atomic E-state index is 0.0157. The molecule has 4 nitrogen and oxygen atoms in total. The molecule has 0 aromatic heterocycles. The van der Waals surface area contributed by atoms with Crippen LogP contribution in [0.3, 0.4) is 0 Å². The summed E-state index contributed by atoms with van der Waals surface area (Å²) in [5, 5.41) is 0. The maximum atomic E-state index is 13.0. The highest BCUT2D eigenvalue weighted by Crippen LogP contribution is 2.44. The summed E-state index contributed by atoms with van der Waals surface area (Å²) in [5.41, 5.74) is 2.71. The minimum Gasteiger partial charge on any atom is -0.458 e. The molecule has 5 heteroatoms. The molecule has 3 aliphatic rings. The highest BCUT2D eigenvalue weighted by Gasteiger charge is 2.47. The lowest BCUT2D eigenvalue weighted by Crippen LogP contribution is -2.25. The SMILES string of the molecule is O=C(CCC1CCCCC1)C(Br)=C[C@H]1[C@H]2CCO[C@H]2C[C@H]1OC(=O)c1ccc(-c2ccccc2)cc1. The number of halogens is 1. The summed E-state index contributed by atoms with van der Waals surface area (Å²) in [4.78, 5) is 26.0. The summed E-state index contributed by atoms with van der Waals surface area (Å²) in [5.74, 6) is 0.784. The molecule has 2 aliphatic carbocycles. The molecule has 0 amide bonds. The first-order valence-corrected chi connectivity index (χ1v) is 14.3. The monoisotopic (exact) mass is 550 g/mol. The predicted octanol–water partition coefficient (Wildman–Crippen LogP) is 7.51. The van der Waals surface area contributed by atoms with Crippen molar-refractivity contribution in [1.82, 2.24) is 0 Å². The van der Waals surface area contributed by atoms with Crippen LogP contribution < -0.4 is 0 Å². The number of Topliss-reactive ketones (excluding diaryl/α,β-unsaturated/α-hetero) is 1. The van der Waals surface area contributed by atoms with Crippen molar-refractivity contribution in [3.05, 3.63) is 70.7 Å². The van der Waals surface area contributed by atoms with Crippen LogP contribution in [-0.4, -0.2) is 30.6 Å². The molecule has 2 aromatic rings. The van der Waals surface area contributed by atoms with E-state index in [1.807, 2.05) is 48.5 Å². The van der Waals surface area contributed by atoms with E-state index in [0.717, 1.165) is 30.6 Å². The number of ether oxygens (including phenoxy) is 2. The molecule has 3 fully saturated rings. The molecule has 0 N–H and O–H groups in total. The van der Waals surface area contributed by atoms with Crippen LogP contribution in [0, 0.1) is 17.8 Å². The molecule has 5 rings (SSSR count). The molecular formula is C31H35BrO4. The van der Waals surface area contributed by atoms with E-state index in [1.54, 1.807) is 0 Å². The molecule has 4 atom stereocenters. The van der Waals surface area contributed by atoms with E-state index < -0.39 is 0 Å². The van der Waals surface area contributed by atoms with E-state index in [4.69, 9.17) is 9.47 Å². The van der Waals surface area contributed by atoms with Gasteiger partial charge in [-0.2, -0.15) is 0 Å². The Hall–Kier alpha value is -2.24. The first kappa shape index (κ1) is 25.4. The number of allylic oxidation sites excluding steroid dienone is 1. The van der Waals surface area contributed by atoms with Crippen LogP contribution in [0.5, 0.6) is 0 Å². The number of rotatable bonds is 8. The Bertz CT molecular complexity index is 1070. The first-order valence-electron chi connectivity index (χ1n) is 13.5. The number of fused-ring (bicyclic) bond motifs is 1. The van der Waals surface area contributed by atoms with E-state index in [9.17, 15) is 9.59 Å². The van der Waals surface area contributed by atoms with E-state index in [0.29, 0.717) is 28.8 Å². The number of carbonyl (C=O) groups excluding carboxylic acids is 2. The molecule has 2 saturated carbocycles. The second-order valence-electron chi connectivity index (χ2n) is 10.5. The molecule has 190 valence electrons. The zero-order valence-corrected chi connectivity index (χ0v) is 22.3. The molecule has 1 heterocycles. The molecule has 36 heavy (non-hydrogen) atoms. The summed E-state index contributed by atoms with van der Waals surface area (Å²) in [6.45, 7) is 0.731. The molecule has 2 aromatic carbocycles. The van der Waals surface area contributed by atoms with Crippen LogP contribution in [0.4, 0.5) is 0 Å². The van der Waals surface area contributed by atoms with Gasteiger partial charge in [-0.3, -0.25) is 4.79 Å². The Balaban J connectivity index is 1.24. The molecule has 0 unspecified atom stereocenters. The lowest BCUT2D eigenvalue weighted by Gasteiger charge is -2.22. The molecule has 0 bridgehead atoms. The number of carbonyl (C=O) groups is 2. The van der Waals surface area contributed by atoms with E-state index >= 15 is 0 Å². The second-order valence-corrected chi connectivity index (χ2v) is 11.4. The highest BCUT2D eigenvalue weighted by atomic mass is 79.9. The third kappa shape index (κ3) is 6.00. The first-order chi connectivity index (χ1) is 17.6. The Morgan fingerprint density at radius 3 is 2.42 bits per heavy atom. The van der Waals surface area contributed by atoms with Crippen LogP contribution in [0.15, 0.2) is 65.2 Å². The number of hydrogen-bond acceptors (Lipinski definition) is 4. The van der Waals surface area contributed by atoms with E-state index in [2.05, 4.69) is 28.1 Å². The van der Waals surface area contributed by atoms with Crippen molar-refractivity contribution in [1.29, 1.82) is 0 Å². The average Bonchev–Trinajstić information content (AvgIpc) is 3.50. The normalized spacial score (nSPS) is 26.5. The van der Waals surface area contributed by atoms with E-state index in [1.165, 1.54) is 32.1 Å². The molecular weight excluding hydrogens is 516 g/mol. The zero-order valence-electron chi connectivity index (χ0n) is 20.7. The third-order valence-corrected chi connectivity index (χ3v) is 8.95. The Labute approximate surface area is 222 Å². The van der Waals surface area contributed by atoms with Crippen molar-refractivity contribution < 1.29 is 19.1 Å². The fourth-order valence-corrected chi connectivity index (χ4v) is 6.70. The van der Waals surface area contributed by atoms with Gasteiger partial charge in [0.05, 0.1) is 16.1 Å². The van der Waals surface area contributed by atoms with Crippen molar-refractivity contribution in [3.8, 4) is 11.1 Å². The fraction of sp³-hybridized carbons (Fsp3) is 0.484. The molecule has 0 spiro atoms. The maximum Gasteiger partial charge on any atom is 0.338 e. The van der Waals surface area contributed by atoms with Gasteiger partial charge in [0.15, 0.2) is 5.78 Å². The van der Waals surface area contributed by atoms with Gasteiger partial charge in [-0.15, -0.1) is 0 Å². The smallest absolute Gasteiger partial charge is 0.338 e. The van der Waals surface area contributed by atoms with Gasteiger partial charge in [-0.05, 0) is 63.9 Å². The summed E-state index contributed by atoms with van der Waals surface area (Å²) in [7, 11) is 0. The fourth-order valence-electron chi connectivity index (χ4n) is 6.19. The summed E-state index contributed by atoms with van der Waals surface area (Å²) >= 11 is 3.57. The highest BCUT2D eigenvalue weighted by molar-refractivity contribution is 9.12. The Morgan fingerprint density at radius 1 is 0.944 bits per heavy atom. The van der Waals surface area contributed by atoms with Gasteiger partial charge in [0.2, 0.25) is 0 Å². The Kier molecular flexibility index (Phi) is 8.38. The number of benzene rings is 2. The quantitative estimate of drug-likeness (QED) is 0.252. The van der Waals surface area contributed by atoms with Crippen molar-refractivity contribution in [3.63, 3.8) is 0 Å². The predicted molar refractivity (Wildman–Crippen MR) is 145 cm³/mol.